The third-order valence-electron chi connectivity index (χ3n) is 3.30. The third kappa shape index (κ3) is 4.42. The van der Waals surface area contributed by atoms with E-state index in [1.165, 1.54) is 14.0 Å². The number of carbonyl (C=O) groups is 3. The first kappa shape index (κ1) is 17.2. The Balaban J connectivity index is 2.00. The second-order valence-electron chi connectivity index (χ2n) is 5.05. The van der Waals surface area contributed by atoms with Crippen LogP contribution in [0.5, 0.6) is 5.75 Å². The summed E-state index contributed by atoms with van der Waals surface area (Å²) in [5.74, 6) is -0.217. The molecule has 0 radical (unpaired) electrons. The molecule has 0 heterocycles. The van der Waals surface area contributed by atoms with Crippen molar-refractivity contribution in [2.45, 2.75) is 13.0 Å². The van der Waals surface area contributed by atoms with Crippen molar-refractivity contribution in [3.63, 3.8) is 0 Å². The zero-order valence-electron chi connectivity index (χ0n) is 13.4. The molecule has 0 aliphatic carbocycles. The summed E-state index contributed by atoms with van der Waals surface area (Å²) in [7, 11) is 1.41. The molecule has 6 heteroatoms. The summed E-state index contributed by atoms with van der Waals surface area (Å²) in [5.41, 5.74) is 1.13. The lowest BCUT2D eigenvalue weighted by Gasteiger charge is -2.14. The van der Waals surface area contributed by atoms with Crippen LogP contribution in [0.25, 0.3) is 0 Å². The van der Waals surface area contributed by atoms with Crippen LogP contribution < -0.4 is 15.4 Å². The second-order valence-corrected chi connectivity index (χ2v) is 5.05. The van der Waals surface area contributed by atoms with Crippen LogP contribution in [0.15, 0.2) is 54.6 Å². The van der Waals surface area contributed by atoms with Crippen molar-refractivity contribution in [2.24, 2.45) is 0 Å². The van der Waals surface area contributed by atoms with Gasteiger partial charge in [-0.1, -0.05) is 30.3 Å². The van der Waals surface area contributed by atoms with Crippen LogP contribution in [0.1, 0.15) is 22.8 Å². The van der Waals surface area contributed by atoms with Crippen molar-refractivity contribution in [2.75, 3.05) is 7.05 Å². The first-order valence-electron chi connectivity index (χ1n) is 7.40. The summed E-state index contributed by atoms with van der Waals surface area (Å²) >= 11 is 0. The average Bonchev–Trinajstić information content (AvgIpc) is 2.62. The Labute approximate surface area is 139 Å². The molecule has 0 fully saturated rings. The van der Waals surface area contributed by atoms with Crippen molar-refractivity contribution in [3.8, 4) is 5.75 Å². The summed E-state index contributed by atoms with van der Waals surface area (Å²) in [6, 6.07) is 14.8. The molecule has 2 rings (SSSR count). The standard InChI is InChI=1S/C18H18N2O4/c1-12(17(22)20-18(23)19-2)24-15-10-8-14(9-11-15)16(21)13-6-4-3-5-7-13/h3-12H,1-2H3,(H2,19,20,22,23)/t12-/m1/s1. The van der Waals surface area contributed by atoms with Crippen molar-refractivity contribution < 1.29 is 19.1 Å². The number of hydrogen-bond acceptors (Lipinski definition) is 4. The molecule has 2 aromatic rings. The van der Waals surface area contributed by atoms with E-state index in [1.807, 2.05) is 6.07 Å². The van der Waals surface area contributed by atoms with E-state index in [1.54, 1.807) is 48.5 Å². The Morgan fingerprint density at radius 2 is 1.50 bits per heavy atom. The molecule has 24 heavy (non-hydrogen) atoms. The van der Waals surface area contributed by atoms with Crippen molar-refractivity contribution >= 4 is 17.7 Å². The Kier molecular flexibility index (Phi) is 5.68. The van der Waals surface area contributed by atoms with Gasteiger partial charge in [-0.2, -0.15) is 0 Å². The van der Waals surface area contributed by atoms with Crippen LogP contribution >= 0.6 is 0 Å². The molecule has 0 aliphatic heterocycles. The van der Waals surface area contributed by atoms with Crippen LogP contribution in [-0.4, -0.2) is 30.9 Å². The second kappa shape index (κ2) is 7.92. The lowest BCUT2D eigenvalue weighted by molar-refractivity contribution is -0.126. The van der Waals surface area contributed by atoms with Gasteiger partial charge in [0.1, 0.15) is 5.75 Å². The zero-order chi connectivity index (χ0) is 17.5. The molecule has 0 spiro atoms. The molecule has 0 saturated carbocycles. The normalized spacial score (nSPS) is 11.2. The van der Waals surface area contributed by atoms with Crippen LogP contribution in [0, 0.1) is 0 Å². The van der Waals surface area contributed by atoms with E-state index in [4.69, 9.17) is 4.74 Å². The number of ketones is 1. The Hall–Kier alpha value is -3.15. The van der Waals surface area contributed by atoms with Crippen molar-refractivity contribution in [3.05, 3.63) is 65.7 Å². The van der Waals surface area contributed by atoms with Gasteiger partial charge in [-0.15, -0.1) is 0 Å². The highest BCUT2D eigenvalue weighted by atomic mass is 16.5. The number of urea groups is 1. The first-order chi connectivity index (χ1) is 11.5. The Morgan fingerprint density at radius 3 is 2.08 bits per heavy atom. The maximum absolute atomic E-state index is 12.3. The number of hydrogen-bond donors (Lipinski definition) is 2. The van der Waals surface area contributed by atoms with Gasteiger partial charge in [-0.3, -0.25) is 14.9 Å². The summed E-state index contributed by atoms with van der Waals surface area (Å²) in [5, 5.41) is 4.42. The average molecular weight is 326 g/mol. The predicted octanol–water partition coefficient (Wildman–Crippen LogP) is 2.14. The lowest BCUT2D eigenvalue weighted by Crippen LogP contribution is -2.43. The predicted molar refractivity (Wildman–Crippen MR) is 89.0 cm³/mol. The molecule has 0 saturated heterocycles. The molecule has 0 aromatic heterocycles. The summed E-state index contributed by atoms with van der Waals surface area (Å²) in [4.78, 5) is 35.1. The quantitative estimate of drug-likeness (QED) is 0.825. The number of amides is 3. The zero-order valence-corrected chi connectivity index (χ0v) is 13.4. The molecule has 3 amide bonds. The molecule has 0 unspecified atom stereocenters. The number of rotatable bonds is 5. The molecule has 124 valence electrons. The van der Waals surface area contributed by atoms with E-state index in [2.05, 4.69) is 10.6 Å². The molecular weight excluding hydrogens is 308 g/mol. The minimum absolute atomic E-state index is 0.0902. The number of carbonyl (C=O) groups excluding carboxylic acids is 3. The molecule has 6 nitrogen and oxygen atoms in total. The van der Waals surface area contributed by atoms with Gasteiger partial charge in [-0.05, 0) is 31.2 Å². The maximum atomic E-state index is 12.3. The van der Waals surface area contributed by atoms with Gasteiger partial charge in [0.2, 0.25) is 0 Å². The van der Waals surface area contributed by atoms with Crippen LogP contribution in [0.2, 0.25) is 0 Å². The van der Waals surface area contributed by atoms with Crippen LogP contribution in [0.4, 0.5) is 4.79 Å². The highest BCUT2D eigenvalue weighted by molar-refractivity contribution is 6.09. The first-order valence-corrected chi connectivity index (χ1v) is 7.40. The summed E-state index contributed by atoms with van der Waals surface area (Å²) in [6.07, 6.45) is -0.849. The molecular formula is C18H18N2O4. The van der Waals surface area contributed by atoms with E-state index >= 15 is 0 Å². The number of imide groups is 1. The van der Waals surface area contributed by atoms with Gasteiger partial charge < -0.3 is 10.1 Å². The van der Waals surface area contributed by atoms with E-state index < -0.39 is 18.0 Å². The van der Waals surface area contributed by atoms with Gasteiger partial charge in [-0.25, -0.2) is 4.79 Å². The topological polar surface area (TPSA) is 84.5 Å². The van der Waals surface area contributed by atoms with E-state index in [0.29, 0.717) is 16.9 Å². The summed E-state index contributed by atoms with van der Waals surface area (Å²) in [6.45, 7) is 1.53. The fourth-order valence-electron chi connectivity index (χ4n) is 1.97. The Morgan fingerprint density at radius 1 is 0.917 bits per heavy atom. The molecule has 0 aliphatic rings. The lowest BCUT2D eigenvalue weighted by atomic mass is 10.0. The van der Waals surface area contributed by atoms with Gasteiger partial charge in [0.15, 0.2) is 11.9 Å². The van der Waals surface area contributed by atoms with Gasteiger partial charge >= 0.3 is 6.03 Å². The fraction of sp³-hybridized carbons (Fsp3) is 0.167. The molecule has 0 bridgehead atoms. The summed E-state index contributed by atoms with van der Waals surface area (Å²) < 4.78 is 5.46. The molecule has 2 aromatic carbocycles. The van der Waals surface area contributed by atoms with Crippen molar-refractivity contribution in [1.29, 1.82) is 0 Å². The van der Waals surface area contributed by atoms with Crippen LogP contribution in [0.3, 0.4) is 0 Å². The minimum Gasteiger partial charge on any atom is -0.481 e. The van der Waals surface area contributed by atoms with Crippen molar-refractivity contribution in [1.82, 2.24) is 10.6 Å². The Bertz CT molecular complexity index is 726. The van der Waals surface area contributed by atoms with Gasteiger partial charge in [0.05, 0.1) is 0 Å². The van der Waals surface area contributed by atoms with Gasteiger partial charge in [0, 0.05) is 18.2 Å². The van der Waals surface area contributed by atoms with E-state index in [-0.39, 0.29) is 5.78 Å². The highest BCUT2D eigenvalue weighted by Crippen LogP contribution is 2.16. The smallest absolute Gasteiger partial charge is 0.321 e. The van der Waals surface area contributed by atoms with Crippen LogP contribution in [-0.2, 0) is 4.79 Å². The monoisotopic (exact) mass is 326 g/mol. The number of nitrogens with one attached hydrogen (secondary N) is 2. The highest BCUT2D eigenvalue weighted by Gasteiger charge is 2.17. The largest absolute Gasteiger partial charge is 0.481 e. The fourth-order valence-corrected chi connectivity index (χ4v) is 1.97. The molecule has 2 N–H and O–H groups in total. The SMILES string of the molecule is CNC(=O)NC(=O)[C@@H](C)Oc1ccc(C(=O)c2ccccc2)cc1. The number of ether oxygens (including phenoxy) is 1. The van der Waals surface area contributed by atoms with Gasteiger partial charge in [0.25, 0.3) is 5.91 Å². The maximum Gasteiger partial charge on any atom is 0.321 e. The van der Waals surface area contributed by atoms with E-state index in [0.717, 1.165) is 0 Å². The third-order valence-corrected chi connectivity index (χ3v) is 3.30. The minimum atomic E-state index is -0.849. The number of benzene rings is 2. The molecule has 1 atom stereocenters. The van der Waals surface area contributed by atoms with E-state index in [9.17, 15) is 14.4 Å².